The van der Waals surface area contributed by atoms with Crippen LogP contribution in [0.1, 0.15) is 12.5 Å². The highest BCUT2D eigenvalue weighted by molar-refractivity contribution is 7.57. The first-order chi connectivity index (χ1) is 6.92. The summed E-state index contributed by atoms with van der Waals surface area (Å²) in [6.45, 7) is 1.80. The summed E-state index contributed by atoms with van der Waals surface area (Å²) in [5.41, 5.74) is 5.98. The van der Waals surface area contributed by atoms with Gasteiger partial charge in [0, 0.05) is 11.3 Å². The first-order valence-corrected chi connectivity index (χ1v) is 6.00. The number of hydrogen-bond acceptors (Lipinski definition) is 2. The summed E-state index contributed by atoms with van der Waals surface area (Å²) < 4.78 is 11.0. The van der Waals surface area contributed by atoms with Gasteiger partial charge in [0.1, 0.15) is 5.75 Å². The molecule has 0 aromatic heterocycles. The zero-order valence-corrected chi connectivity index (χ0v) is 9.11. The lowest BCUT2D eigenvalue weighted by Crippen LogP contribution is -2.04. The number of nitrogens with two attached hydrogens (primary N) is 1. The molecule has 82 valence electrons. The Morgan fingerprint density at radius 1 is 1.53 bits per heavy atom. The van der Waals surface area contributed by atoms with E-state index in [9.17, 15) is 9.67 Å². The molecular weight excluding hydrogens is 215 g/mol. The van der Waals surface area contributed by atoms with Gasteiger partial charge in [-0.05, 0) is 25.1 Å². The number of phenolic OH excluding ortho intramolecular Hbond substituents is 1. The molecular formula is C9H13N2O3P. The van der Waals surface area contributed by atoms with Crippen molar-refractivity contribution < 1.29 is 14.6 Å². The Balaban J connectivity index is 3.11. The van der Waals surface area contributed by atoms with E-state index in [0.29, 0.717) is 11.3 Å². The van der Waals surface area contributed by atoms with Crippen LogP contribution in [0.4, 0.5) is 5.69 Å². The molecule has 1 aromatic rings. The zero-order chi connectivity index (χ0) is 11.5. The van der Waals surface area contributed by atoms with Crippen molar-refractivity contribution in [2.75, 3.05) is 5.09 Å². The van der Waals surface area contributed by atoms with Crippen molar-refractivity contribution in [2.45, 2.75) is 6.92 Å². The second-order valence-electron chi connectivity index (χ2n) is 3.01. The molecule has 5 nitrogen and oxygen atoms in total. The third-order valence-corrected chi connectivity index (χ3v) is 2.22. The Hall–Kier alpha value is -1.29. The highest BCUT2D eigenvalue weighted by atomic mass is 31.2. The molecule has 0 aliphatic rings. The van der Waals surface area contributed by atoms with Crippen molar-refractivity contribution in [1.82, 2.24) is 0 Å². The zero-order valence-electron chi connectivity index (χ0n) is 8.21. The highest BCUT2D eigenvalue weighted by Gasteiger charge is 2.12. The molecule has 0 saturated carbocycles. The molecule has 0 bridgehead atoms. The summed E-state index contributed by atoms with van der Waals surface area (Å²) in [5.74, 6) is 0.0819. The quantitative estimate of drug-likeness (QED) is 0.468. The number of aromatic hydroxyl groups is 1. The fourth-order valence-electron chi connectivity index (χ4n) is 1.14. The monoisotopic (exact) mass is 228 g/mol. The van der Waals surface area contributed by atoms with Crippen LogP contribution < -0.4 is 10.6 Å². The van der Waals surface area contributed by atoms with Gasteiger partial charge in [0.2, 0.25) is 0 Å². The standard InChI is InChI=1S/C9H13N2O3P/c1-2-3-7-6-8(12)4-5-9(7)11-15(10,13)14/h2-6,12H,1H3,(H4,10,11,13,14)/b3-2-. The predicted molar refractivity (Wildman–Crippen MR) is 60.5 cm³/mol. The largest absolute Gasteiger partial charge is 0.508 e. The lowest BCUT2D eigenvalue weighted by molar-refractivity contribution is 0.475. The van der Waals surface area contributed by atoms with Gasteiger partial charge in [-0.25, -0.2) is 10.1 Å². The van der Waals surface area contributed by atoms with Crippen LogP contribution in [-0.4, -0.2) is 10.00 Å². The summed E-state index contributed by atoms with van der Waals surface area (Å²) in [4.78, 5) is 8.97. The summed E-state index contributed by atoms with van der Waals surface area (Å²) >= 11 is 0. The Morgan fingerprint density at radius 2 is 2.20 bits per heavy atom. The van der Waals surface area contributed by atoms with Crippen molar-refractivity contribution in [1.29, 1.82) is 0 Å². The molecule has 0 fully saturated rings. The van der Waals surface area contributed by atoms with Gasteiger partial charge in [-0.15, -0.1) is 0 Å². The fraction of sp³-hybridized carbons (Fsp3) is 0.111. The number of nitrogens with one attached hydrogen (secondary N) is 1. The lowest BCUT2D eigenvalue weighted by atomic mass is 10.1. The molecule has 6 heteroatoms. The molecule has 1 aromatic carbocycles. The van der Waals surface area contributed by atoms with Crippen LogP contribution in [0.15, 0.2) is 24.3 Å². The Bertz CT molecular complexity index is 425. The number of benzene rings is 1. The Labute approximate surface area is 87.8 Å². The van der Waals surface area contributed by atoms with Crippen LogP contribution in [0, 0.1) is 0 Å². The number of hydrogen-bond donors (Lipinski definition) is 4. The maximum absolute atomic E-state index is 11.0. The first-order valence-electron chi connectivity index (χ1n) is 4.28. The van der Waals surface area contributed by atoms with Crippen molar-refractivity contribution in [3.63, 3.8) is 0 Å². The number of allylic oxidation sites excluding steroid dienone is 1. The Morgan fingerprint density at radius 3 is 2.73 bits per heavy atom. The van der Waals surface area contributed by atoms with Crippen LogP contribution in [0.2, 0.25) is 0 Å². The highest BCUT2D eigenvalue weighted by Crippen LogP contribution is 2.34. The number of rotatable bonds is 3. The van der Waals surface area contributed by atoms with E-state index in [1.165, 1.54) is 18.2 Å². The SMILES string of the molecule is C/C=C\c1cc(O)ccc1NP(N)(=O)O. The summed E-state index contributed by atoms with van der Waals surface area (Å²) in [6, 6.07) is 4.36. The van der Waals surface area contributed by atoms with Crippen LogP contribution >= 0.6 is 7.67 Å². The van der Waals surface area contributed by atoms with Gasteiger partial charge in [-0.1, -0.05) is 12.2 Å². The molecule has 0 amide bonds. The molecule has 0 radical (unpaired) electrons. The molecule has 15 heavy (non-hydrogen) atoms. The van der Waals surface area contributed by atoms with Crippen LogP contribution in [0.5, 0.6) is 5.75 Å². The molecule has 0 aliphatic carbocycles. The minimum atomic E-state index is -3.82. The lowest BCUT2D eigenvalue weighted by Gasteiger charge is -2.11. The van der Waals surface area contributed by atoms with Gasteiger partial charge in [-0.3, -0.25) is 0 Å². The summed E-state index contributed by atoms with van der Waals surface area (Å²) in [7, 11) is -3.82. The van der Waals surface area contributed by atoms with E-state index in [2.05, 4.69) is 5.09 Å². The maximum atomic E-state index is 11.0. The third-order valence-electron chi connectivity index (χ3n) is 1.66. The van der Waals surface area contributed by atoms with E-state index < -0.39 is 7.67 Å². The number of phenols is 1. The predicted octanol–water partition coefficient (Wildman–Crippen LogP) is 1.90. The minimum absolute atomic E-state index is 0.0819. The molecule has 0 aliphatic heterocycles. The molecule has 5 N–H and O–H groups in total. The number of anilines is 1. The van der Waals surface area contributed by atoms with Gasteiger partial charge < -0.3 is 15.1 Å². The molecule has 1 atom stereocenters. The molecule has 0 saturated heterocycles. The molecule has 0 heterocycles. The van der Waals surface area contributed by atoms with Crippen LogP contribution in [0.3, 0.4) is 0 Å². The van der Waals surface area contributed by atoms with E-state index >= 15 is 0 Å². The summed E-state index contributed by atoms with van der Waals surface area (Å²) in [5, 5.41) is 11.5. The van der Waals surface area contributed by atoms with Crippen LogP contribution in [0.25, 0.3) is 6.08 Å². The van der Waals surface area contributed by atoms with Crippen molar-refractivity contribution in [3.05, 3.63) is 29.8 Å². The topological polar surface area (TPSA) is 95.6 Å². The van der Waals surface area contributed by atoms with E-state index in [-0.39, 0.29) is 5.75 Å². The molecule has 1 unspecified atom stereocenters. The van der Waals surface area contributed by atoms with Gasteiger partial charge in [0.05, 0.1) is 0 Å². The fourth-order valence-corrected chi connectivity index (χ4v) is 1.69. The smallest absolute Gasteiger partial charge is 0.360 e. The van der Waals surface area contributed by atoms with Gasteiger partial charge in [0.25, 0.3) is 0 Å². The van der Waals surface area contributed by atoms with Gasteiger partial charge in [-0.2, -0.15) is 0 Å². The average molecular weight is 228 g/mol. The van der Waals surface area contributed by atoms with Gasteiger partial charge in [0.15, 0.2) is 0 Å². The third kappa shape index (κ3) is 3.75. The second-order valence-corrected chi connectivity index (χ2v) is 4.48. The van der Waals surface area contributed by atoms with Gasteiger partial charge >= 0.3 is 7.67 Å². The van der Waals surface area contributed by atoms with E-state index in [0.717, 1.165) is 0 Å². The van der Waals surface area contributed by atoms with E-state index in [4.69, 9.17) is 10.4 Å². The van der Waals surface area contributed by atoms with Crippen molar-refractivity contribution >= 4 is 19.4 Å². The Kier molecular flexibility index (Phi) is 3.52. The minimum Gasteiger partial charge on any atom is -0.508 e. The normalized spacial score (nSPS) is 15.1. The first kappa shape index (κ1) is 11.8. The molecule has 0 spiro atoms. The summed E-state index contributed by atoms with van der Waals surface area (Å²) in [6.07, 6.45) is 3.44. The molecule has 1 rings (SSSR count). The second kappa shape index (κ2) is 4.49. The van der Waals surface area contributed by atoms with Crippen molar-refractivity contribution in [2.24, 2.45) is 5.50 Å². The van der Waals surface area contributed by atoms with E-state index in [1.54, 1.807) is 19.1 Å². The maximum Gasteiger partial charge on any atom is 0.360 e. The average Bonchev–Trinajstić information content (AvgIpc) is 2.08. The van der Waals surface area contributed by atoms with E-state index in [1.807, 2.05) is 0 Å². The van der Waals surface area contributed by atoms with Crippen LogP contribution in [-0.2, 0) is 4.57 Å². The van der Waals surface area contributed by atoms with Crippen molar-refractivity contribution in [3.8, 4) is 5.75 Å².